The summed E-state index contributed by atoms with van der Waals surface area (Å²) in [4.78, 5) is 19.5. The molecule has 4 aromatic rings. The molecule has 8 nitrogen and oxygen atoms in total. The maximum Gasteiger partial charge on any atom is 0.244 e. The molecule has 1 aliphatic heterocycles. The van der Waals surface area contributed by atoms with Crippen molar-refractivity contribution in [1.29, 1.82) is 0 Å². The molecule has 0 radical (unpaired) electrons. The van der Waals surface area contributed by atoms with E-state index in [2.05, 4.69) is 4.90 Å². The molecule has 1 aliphatic rings. The monoisotopic (exact) mass is 635 g/mol. The molecule has 0 aliphatic carbocycles. The van der Waals surface area contributed by atoms with Gasteiger partial charge in [0.2, 0.25) is 15.9 Å². The highest BCUT2D eigenvalue weighted by Crippen LogP contribution is 2.29. The molecule has 0 saturated carbocycles. The van der Waals surface area contributed by atoms with Gasteiger partial charge in [-0.3, -0.25) is 4.79 Å². The van der Waals surface area contributed by atoms with Crippen LogP contribution in [0.3, 0.4) is 0 Å². The number of benzene rings is 3. The predicted octanol–water partition coefficient (Wildman–Crippen LogP) is 5.58. The zero-order valence-electron chi connectivity index (χ0n) is 25.7. The molecule has 44 heavy (non-hydrogen) atoms. The van der Waals surface area contributed by atoms with Crippen LogP contribution in [0.15, 0.2) is 77.0 Å². The Morgan fingerprint density at radius 3 is 2.41 bits per heavy atom. The molecule has 0 atom stereocenters. The van der Waals surface area contributed by atoms with E-state index in [4.69, 9.17) is 9.47 Å². The maximum absolute atomic E-state index is 14.3. The first-order valence-corrected chi connectivity index (χ1v) is 17.3. The third kappa shape index (κ3) is 7.43. The van der Waals surface area contributed by atoms with Gasteiger partial charge in [0, 0.05) is 29.9 Å². The maximum atomic E-state index is 14.3. The van der Waals surface area contributed by atoms with Crippen molar-refractivity contribution in [1.82, 2.24) is 14.1 Å². The average molecular weight is 636 g/mol. The third-order valence-corrected chi connectivity index (χ3v) is 11.2. The number of carbonyl (C=O) groups is 1. The second kappa shape index (κ2) is 14.6. The van der Waals surface area contributed by atoms with Crippen LogP contribution in [0.1, 0.15) is 28.8 Å². The minimum absolute atomic E-state index is 0.219. The van der Waals surface area contributed by atoms with Gasteiger partial charge in [-0.2, -0.15) is 4.31 Å². The number of thiophene rings is 1. The highest BCUT2D eigenvalue weighted by molar-refractivity contribution is 7.89. The van der Waals surface area contributed by atoms with E-state index in [0.717, 1.165) is 47.3 Å². The zero-order valence-corrected chi connectivity index (χ0v) is 27.3. The number of sulfonamides is 1. The van der Waals surface area contributed by atoms with Crippen molar-refractivity contribution in [2.45, 2.75) is 37.6 Å². The van der Waals surface area contributed by atoms with Crippen molar-refractivity contribution in [2.75, 3.05) is 53.5 Å². The van der Waals surface area contributed by atoms with E-state index in [1.54, 1.807) is 42.6 Å². The van der Waals surface area contributed by atoms with Crippen LogP contribution in [0.5, 0.6) is 11.5 Å². The number of nitrogens with zero attached hydrogens (tertiary/aromatic N) is 3. The fraction of sp³-hybridized carbons (Fsp3) is 0.382. The standard InChI is InChI=1S/C34H41N3O5S2/c1-26-16-22-43-32(26)24-36(19-15-27-13-14-30(41-2)31(23-27)42-3)34(38)25-37(21-20-35-17-6-7-18-35)44(39,40)33-12-8-10-28-9-4-5-11-29(28)33/h4-5,8-14,16,22-23H,6-7,15,17-21,24-25H2,1-3H3. The number of ether oxygens (including phenoxy) is 2. The van der Waals surface area contributed by atoms with Crippen molar-refractivity contribution in [3.63, 3.8) is 0 Å². The van der Waals surface area contributed by atoms with Gasteiger partial charge in [-0.25, -0.2) is 8.42 Å². The minimum atomic E-state index is -3.97. The summed E-state index contributed by atoms with van der Waals surface area (Å²) in [6.45, 7) is 5.40. The molecule has 10 heteroatoms. The number of fused-ring (bicyclic) bond motifs is 1. The van der Waals surface area contributed by atoms with Gasteiger partial charge in [0.1, 0.15) is 0 Å². The van der Waals surface area contributed by atoms with E-state index in [1.807, 2.05) is 66.9 Å². The number of amides is 1. The van der Waals surface area contributed by atoms with Gasteiger partial charge in [0.25, 0.3) is 0 Å². The summed E-state index contributed by atoms with van der Waals surface area (Å²) in [5, 5.41) is 3.53. The zero-order chi connectivity index (χ0) is 31.1. The Balaban J connectivity index is 1.42. The molecule has 1 amide bonds. The lowest BCUT2D eigenvalue weighted by Gasteiger charge is -2.29. The van der Waals surface area contributed by atoms with Crippen LogP contribution in [0.2, 0.25) is 0 Å². The van der Waals surface area contributed by atoms with Crippen LogP contribution >= 0.6 is 11.3 Å². The summed E-state index contributed by atoms with van der Waals surface area (Å²) in [7, 11) is -0.769. The predicted molar refractivity (Wildman–Crippen MR) is 176 cm³/mol. The van der Waals surface area contributed by atoms with Gasteiger partial charge in [-0.05, 0) is 85.4 Å². The molecule has 1 aromatic heterocycles. The summed E-state index contributed by atoms with van der Waals surface area (Å²) < 4.78 is 40.9. The van der Waals surface area contributed by atoms with Crippen molar-refractivity contribution >= 4 is 38.0 Å². The minimum Gasteiger partial charge on any atom is -0.493 e. The van der Waals surface area contributed by atoms with Gasteiger partial charge in [-0.15, -0.1) is 11.3 Å². The fourth-order valence-corrected chi connectivity index (χ4v) is 8.20. The number of methoxy groups -OCH3 is 2. The van der Waals surface area contributed by atoms with E-state index in [-0.39, 0.29) is 23.9 Å². The van der Waals surface area contributed by atoms with Crippen LogP contribution in [0.4, 0.5) is 0 Å². The summed E-state index contributed by atoms with van der Waals surface area (Å²) in [5.41, 5.74) is 2.12. The van der Waals surface area contributed by atoms with Gasteiger partial charge >= 0.3 is 0 Å². The van der Waals surface area contributed by atoms with Crippen molar-refractivity contribution < 1.29 is 22.7 Å². The molecule has 0 N–H and O–H groups in total. The molecule has 1 saturated heterocycles. The SMILES string of the molecule is COc1ccc(CCN(Cc2sccc2C)C(=O)CN(CCN2CCCC2)S(=O)(=O)c2cccc3ccccc23)cc1OC. The number of likely N-dealkylation sites (tertiary alicyclic amines) is 1. The lowest BCUT2D eigenvalue weighted by atomic mass is 10.1. The Morgan fingerprint density at radius 1 is 0.932 bits per heavy atom. The first kappa shape index (κ1) is 32.0. The topological polar surface area (TPSA) is 79.4 Å². The van der Waals surface area contributed by atoms with Crippen molar-refractivity contribution in [3.05, 3.63) is 88.1 Å². The molecular weight excluding hydrogens is 595 g/mol. The molecule has 2 heterocycles. The number of hydrogen-bond donors (Lipinski definition) is 0. The normalized spacial score (nSPS) is 13.9. The van der Waals surface area contributed by atoms with Crippen LogP contribution in [0, 0.1) is 6.92 Å². The van der Waals surface area contributed by atoms with E-state index >= 15 is 0 Å². The third-order valence-electron chi connectivity index (χ3n) is 8.32. The summed E-state index contributed by atoms with van der Waals surface area (Å²) >= 11 is 1.61. The van der Waals surface area contributed by atoms with E-state index in [0.29, 0.717) is 42.9 Å². The second-order valence-corrected chi connectivity index (χ2v) is 14.1. The van der Waals surface area contributed by atoms with Gasteiger partial charge in [-0.1, -0.05) is 42.5 Å². The van der Waals surface area contributed by atoms with Crippen molar-refractivity contribution in [3.8, 4) is 11.5 Å². The number of carbonyl (C=O) groups excluding carboxylic acids is 1. The Morgan fingerprint density at radius 2 is 1.68 bits per heavy atom. The molecule has 0 unspecified atom stereocenters. The van der Waals surface area contributed by atoms with E-state index < -0.39 is 10.0 Å². The number of aryl methyl sites for hydroxylation is 1. The summed E-state index contributed by atoms with van der Waals surface area (Å²) in [6.07, 6.45) is 2.80. The largest absolute Gasteiger partial charge is 0.493 e. The lowest BCUT2D eigenvalue weighted by molar-refractivity contribution is -0.132. The fourth-order valence-electron chi connectivity index (χ4n) is 5.69. The highest BCUT2D eigenvalue weighted by atomic mass is 32.2. The number of rotatable bonds is 14. The Hall–Kier alpha value is -3.44. The van der Waals surface area contributed by atoms with Crippen molar-refractivity contribution in [2.24, 2.45) is 0 Å². The smallest absolute Gasteiger partial charge is 0.244 e. The van der Waals surface area contributed by atoms with E-state index in [9.17, 15) is 13.2 Å². The molecule has 234 valence electrons. The molecule has 0 bridgehead atoms. The number of hydrogen-bond acceptors (Lipinski definition) is 7. The van der Waals surface area contributed by atoms with Crippen LogP contribution in [-0.4, -0.2) is 81.9 Å². The Labute approximate surface area is 264 Å². The summed E-state index contributed by atoms with van der Waals surface area (Å²) in [6, 6.07) is 20.6. The molecule has 5 rings (SSSR count). The highest BCUT2D eigenvalue weighted by Gasteiger charge is 2.31. The van der Waals surface area contributed by atoms with Crippen LogP contribution in [0.25, 0.3) is 10.8 Å². The molecule has 1 fully saturated rings. The first-order valence-electron chi connectivity index (χ1n) is 15.0. The average Bonchev–Trinajstić information content (AvgIpc) is 3.72. The molecule has 3 aromatic carbocycles. The van der Waals surface area contributed by atoms with Gasteiger partial charge < -0.3 is 19.3 Å². The molecule has 0 spiro atoms. The quantitative estimate of drug-likeness (QED) is 0.180. The second-order valence-electron chi connectivity index (χ2n) is 11.1. The van der Waals surface area contributed by atoms with Crippen LogP contribution < -0.4 is 9.47 Å². The summed E-state index contributed by atoms with van der Waals surface area (Å²) in [5.74, 6) is 1.06. The molecular formula is C34H41N3O5S2. The Bertz CT molecular complexity index is 1680. The van der Waals surface area contributed by atoms with Crippen LogP contribution in [-0.2, 0) is 27.8 Å². The van der Waals surface area contributed by atoms with Gasteiger partial charge in [0.15, 0.2) is 11.5 Å². The first-order chi connectivity index (χ1) is 21.3. The Kier molecular flexibility index (Phi) is 10.6. The van der Waals surface area contributed by atoms with Gasteiger partial charge in [0.05, 0.1) is 32.2 Å². The lowest BCUT2D eigenvalue weighted by Crippen LogP contribution is -2.45. The van der Waals surface area contributed by atoms with E-state index in [1.165, 1.54) is 4.31 Å².